The van der Waals surface area contributed by atoms with Gasteiger partial charge >= 0.3 is 0 Å². The van der Waals surface area contributed by atoms with Crippen molar-refractivity contribution in [2.45, 2.75) is 45.7 Å². The van der Waals surface area contributed by atoms with Crippen LogP contribution in [-0.4, -0.2) is 16.4 Å². The number of hydrogen-bond donors (Lipinski definition) is 2. The lowest BCUT2D eigenvalue weighted by atomic mass is 10.0. The van der Waals surface area contributed by atoms with Crippen molar-refractivity contribution in [3.63, 3.8) is 0 Å². The minimum atomic E-state index is -0.470. The molecule has 1 amide bonds. The highest BCUT2D eigenvalue weighted by molar-refractivity contribution is 7.11. The fraction of sp³-hybridized carbons (Fsp3) is 0.636. The van der Waals surface area contributed by atoms with E-state index in [0.29, 0.717) is 6.42 Å². The van der Waals surface area contributed by atoms with E-state index in [1.807, 2.05) is 33.9 Å². The molecular weight excluding hydrogens is 222 g/mol. The van der Waals surface area contributed by atoms with E-state index in [-0.39, 0.29) is 11.9 Å². The first-order chi connectivity index (χ1) is 7.28. The Morgan fingerprint density at radius 2 is 2.31 bits per heavy atom. The van der Waals surface area contributed by atoms with Crippen LogP contribution in [0.3, 0.4) is 0 Å². The molecule has 1 unspecified atom stereocenters. The molecule has 0 aromatic carbocycles. The summed E-state index contributed by atoms with van der Waals surface area (Å²) in [5, 5.41) is 3.83. The van der Waals surface area contributed by atoms with Crippen LogP contribution < -0.4 is 11.1 Å². The molecular formula is C11H19N3OS. The SMILES string of the molecule is Cc1cnc(C(C)NC(=O)CC(C)(C)N)s1. The molecule has 90 valence electrons. The van der Waals surface area contributed by atoms with Gasteiger partial charge in [0.25, 0.3) is 0 Å². The van der Waals surface area contributed by atoms with Gasteiger partial charge < -0.3 is 11.1 Å². The third kappa shape index (κ3) is 4.28. The first kappa shape index (κ1) is 13.1. The fourth-order valence-electron chi connectivity index (χ4n) is 1.34. The smallest absolute Gasteiger partial charge is 0.222 e. The van der Waals surface area contributed by atoms with Crippen LogP contribution in [0, 0.1) is 6.92 Å². The average molecular weight is 241 g/mol. The molecule has 0 radical (unpaired) electrons. The Labute approximate surface area is 100 Å². The highest BCUT2D eigenvalue weighted by atomic mass is 32.1. The van der Waals surface area contributed by atoms with E-state index < -0.39 is 5.54 Å². The van der Waals surface area contributed by atoms with Gasteiger partial charge in [0.15, 0.2) is 0 Å². The molecule has 1 rings (SSSR count). The maximum Gasteiger partial charge on any atom is 0.222 e. The highest BCUT2D eigenvalue weighted by Gasteiger charge is 2.19. The zero-order valence-electron chi connectivity index (χ0n) is 10.2. The van der Waals surface area contributed by atoms with Crippen LogP contribution in [-0.2, 0) is 4.79 Å². The normalized spacial score (nSPS) is 13.6. The fourth-order valence-corrected chi connectivity index (χ4v) is 2.12. The Bertz CT molecular complexity index is 368. The summed E-state index contributed by atoms with van der Waals surface area (Å²) in [5.74, 6) is -0.0344. The molecule has 3 N–H and O–H groups in total. The minimum absolute atomic E-state index is 0.0344. The summed E-state index contributed by atoms with van der Waals surface area (Å²) < 4.78 is 0. The molecule has 1 heterocycles. The number of aryl methyl sites for hydroxylation is 1. The Hall–Kier alpha value is -0.940. The van der Waals surface area contributed by atoms with Gasteiger partial charge in [0.2, 0.25) is 5.91 Å². The van der Waals surface area contributed by atoms with Gasteiger partial charge in [-0.25, -0.2) is 4.98 Å². The Kier molecular flexibility index (Phi) is 4.04. The molecule has 0 aliphatic rings. The Balaban J connectivity index is 2.52. The summed E-state index contributed by atoms with van der Waals surface area (Å²) in [6.07, 6.45) is 2.14. The highest BCUT2D eigenvalue weighted by Crippen LogP contribution is 2.19. The predicted molar refractivity (Wildman–Crippen MR) is 66.3 cm³/mol. The molecule has 5 heteroatoms. The third-order valence-electron chi connectivity index (χ3n) is 2.00. The second kappa shape index (κ2) is 4.93. The van der Waals surface area contributed by atoms with Crippen molar-refractivity contribution in [2.24, 2.45) is 5.73 Å². The summed E-state index contributed by atoms with van der Waals surface area (Å²) in [4.78, 5) is 17.0. The second-order valence-electron chi connectivity index (χ2n) is 4.76. The molecule has 1 aromatic heterocycles. The Morgan fingerprint density at radius 3 is 2.75 bits per heavy atom. The molecule has 0 aliphatic heterocycles. The maximum atomic E-state index is 11.6. The zero-order valence-corrected chi connectivity index (χ0v) is 11.0. The number of nitrogens with two attached hydrogens (primary N) is 1. The number of amides is 1. The lowest BCUT2D eigenvalue weighted by molar-refractivity contribution is -0.122. The van der Waals surface area contributed by atoms with Gasteiger partial charge in [-0.3, -0.25) is 4.79 Å². The molecule has 0 aliphatic carbocycles. The first-order valence-corrected chi connectivity index (χ1v) is 6.10. The number of thiazole rings is 1. The van der Waals surface area contributed by atoms with Crippen molar-refractivity contribution in [3.05, 3.63) is 16.1 Å². The van der Waals surface area contributed by atoms with E-state index >= 15 is 0 Å². The summed E-state index contributed by atoms with van der Waals surface area (Å²) in [5.41, 5.74) is 5.31. The van der Waals surface area contributed by atoms with Crippen LogP contribution in [0.4, 0.5) is 0 Å². The zero-order chi connectivity index (χ0) is 12.3. The van der Waals surface area contributed by atoms with Crippen LogP contribution in [0.15, 0.2) is 6.20 Å². The van der Waals surface area contributed by atoms with Crippen molar-refractivity contribution in [1.82, 2.24) is 10.3 Å². The van der Waals surface area contributed by atoms with E-state index in [1.54, 1.807) is 11.3 Å². The number of carbonyl (C=O) groups excluding carboxylic acids is 1. The van der Waals surface area contributed by atoms with Crippen LogP contribution in [0.1, 0.15) is 43.1 Å². The molecule has 0 bridgehead atoms. The van der Waals surface area contributed by atoms with Gasteiger partial charge in [0, 0.05) is 23.0 Å². The summed E-state index contributed by atoms with van der Waals surface area (Å²) in [6.45, 7) is 7.61. The van der Waals surface area contributed by atoms with E-state index in [2.05, 4.69) is 10.3 Å². The average Bonchev–Trinajstić information content (AvgIpc) is 2.47. The van der Waals surface area contributed by atoms with E-state index in [0.717, 1.165) is 9.88 Å². The topological polar surface area (TPSA) is 68.0 Å². The molecule has 16 heavy (non-hydrogen) atoms. The maximum absolute atomic E-state index is 11.6. The van der Waals surface area contributed by atoms with Gasteiger partial charge in [0.05, 0.1) is 6.04 Å². The molecule has 0 saturated carbocycles. The summed E-state index contributed by atoms with van der Waals surface area (Å²) in [6, 6.07) is -0.0476. The summed E-state index contributed by atoms with van der Waals surface area (Å²) in [7, 11) is 0. The number of nitrogens with zero attached hydrogens (tertiary/aromatic N) is 1. The molecule has 1 atom stereocenters. The number of hydrogen-bond acceptors (Lipinski definition) is 4. The van der Waals surface area contributed by atoms with E-state index in [9.17, 15) is 4.79 Å². The van der Waals surface area contributed by atoms with Crippen molar-refractivity contribution >= 4 is 17.2 Å². The van der Waals surface area contributed by atoms with Gasteiger partial charge in [-0.05, 0) is 27.7 Å². The van der Waals surface area contributed by atoms with Gasteiger partial charge in [-0.2, -0.15) is 0 Å². The van der Waals surface area contributed by atoms with Gasteiger partial charge in [0.1, 0.15) is 5.01 Å². The minimum Gasteiger partial charge on any atom is -0.347 e. The molecule has 0 spiro atoms. The van der Waals surface area contributed by atoms with Crippen molar-refractivity contribution in [1.29, 1.82) is 0 Å². The monoisotopic (exact) mass is 241 g/mol. The largest absolute Gasteiger partial charge is 0.347 e. The lowest BCUT2D eigenvalue weighted by Gasteiger charge is -2.19. The van der Waals surface area contributed by atoms with Crippen molar-refractivity contribution in [2.75, 3.05) is 0 Å². The molecule has 0 fully saturated rings. The number of nitrogens with one attached hydrogen (secondary N) is 1. The van der Waals surface area contributed by atoms with E-state index in [1.165, 1.54) is 0 Å². The van der Waals surface area contributed by atoms with E-state index in [4.69, 9.17) is 5.73 Å². The van der Waals surface area contributed by atoms with Crippen LogP contribution in [0.2, 0.25) is 0 Å². The summed E-state index contributed by atoms with van der Waals surface area (Å²) >= 11 is 1.60. The Morgan fingerprint density at radius 1 is 1.69 bits per heavy atom. The van der Waals surface area contributed by atoms with Crippen LogP contribution in [0.5, 0.6) is 0 Å². The van der Waals surface area contributed by atoms with Crippen LogP contribution in [0.25, 0.3) is 0 Å². The van der Waals surface area contributed by atoms with Crippen LogP contribution >= 0.6 is 11.3 Å². The lowest BCUT2D eigenvalue weighted by Crippen LogP contribution is -2.39. The number of carbonyl (C=O) groups is 1. The van der Waals surface area contributed by atoms with Gasteiger partial charge in [-0.15, -0.1) is 11.3 Å². The standard InChI is InChI=1S/C11H19N3OS/c1-7-6-13-10(16-7)8(2)14-9(15)5-11(3,4)12/h6,8H,5,12H2,1-4H3,(H,14,15). The third-order valence-corrected chi connectivity index (χ3v) is 3.10. The number of aromatic nitrogens is 1. The van der Waals surface area contributed by atoms with Crippen molar-refractivity contribution < 1.29 is 4.79 Å². The van der Waals surface area contributed by atoms with Crippen molar-refractivity contribution in [3.8, 4) is 0 Å². The second-order valence-corrected chi connectivity index (χ2v) is 6.03. The molecule has 1 aromatic rings. The number of rotatable bonds is 4. The molecule has 0 saturated heterocycles. The quantitative estimate of drug-likeness (QED) is 0.844. The molecule has 4 nitrogen and oxygen atoms in total. The predicted octanol–water partition coefficient (Wildman–Crippen LogP) is 1.76. The van der Waals surface area contributed by atoms with Gasteiger partial charge in [-0.1, -0.05) is 0 Å². The first-order valence-electron chi connectivity index (χ1n) is 5.28.